The molecule has 6 nitrogen and oxygen atoms in total. The maximum atomic E-state index is 12.8. The summed E-state index contributed by atoms with van der Waals surface area (Å²) in [5, 5.41) is 4.25. The molecular weight excluding hydrogens is 313 g/mol. The van der Waals surface area contributed by atoms with Crippen molar-refractivity contribution < 1.29 is 18.7 Å². The highest BCUT2D eigenvalue weighted by molar-refractivity contribution is 5.92. The van der Waals surface area contributed by atoms with Gasteiger partial charge in [-0.15, -0.1) is 0 Å². The number of rotatable bonds is 4. The third kappa shape index (κ3) is 3.91. The Morgan fingerprint density at radius 3 is 2.58 bits per heavy atom. The van der Waals surface area contributed by atoms with E-state index in [4.69, 9.17) is 9.47 Å². The molecule has 7 heteroatoms. The van der Waals surface area contributed by atoms with Crippen LogP contribution >= 0.6 is 0 Å². The monoisotopic (exact) mass is 333 g/mol. The zero-order valence-corrected chi connectivity index (χ0v) is 13.7. The Balaban J connectivity index is 1.60. The van der Waals surface area contributed by atoms with E-state index in [1.54, 1.807) is 29.3 Å². The van der Waals surface area contributed by atoms with E-state index in [0.29, 0.717) is 24.5 Å². The Hall–Kier alpha value is -2.41. The second-order valence-corrected chi connectivity index (χ2v) is 5.94. The molecule has 0 N–H and O–H groups in total. The maximum Gasteiger partial charge on any atom is 0.274 e. The van der Waals surface area contributed by atoms with Gasteiger partial charge in [0.2, 0.25) is 0 Å². The number of aromatic nitrogens is 2. The molecule has 128 valence electrons. The van der Waals surface area contributed by atoms with Gasteiger partial charge in [-0.3, -0.25) is 4.79 Å². The van der Waals surface area contributed by atoms with E-state index >= 15 is 0 Å². The van der Waals surface area contributed by atoms with Crippen molar-refractivity contribution in [2.24, 2.45) is 0 Å². The van der Waals surface area contributed by atoms with Crippen LogP contribution in [0.3, 0.4) is 0 Å². The van der Waals surface area contributed by atoms with Crippen LogP contribution in [0, 0.1) is 5.82 Å². The fraction of sp³-hybridized carbons (Fsp3) is 0.412. The van der Waals surface area contributed by atoms with Crippen molar-refractivity contribution in [2.75, 3.05) is 13.1 Å². The first-order valence-corrected chi connectivity index (χ1v) is 7.88. The predicted octanol–water partition coefficient (Wildman–Crippen LogP) is 2.31. The molecule has 1 aromatic carbocycles. The third-order valence-corrected chi connectivity index (χ3v) is 3.74. The molecule has 0 bridgehead atoms. The molecule has 1 aromatic heterocycles. The minimum Gasteiger partial charge on any atom is -0.471 e. The number of benzene rings is 1. The fourth-order valence-electron chi connectivity index (χ4n) is 2.72. The summed E-state index contributed by atoms with van der Waals surface area (Å²) in [5.74, 6) is 0.108. The van der Waals surface area contributed by atoms with Gasteiger partial charge in [0.05, 0.1) is 12.2 Å². The van der Waals surface area contributed by atoms with Crippen LogP contribution in [0.2, 0.25) is 0 Å². The van der Waals surface area contributed by atoms with E-state index in [0.717, 1.165) is 0 Å². The average Bonchev–Trinajstić information content (AvgIpc) is 3.01. The molecular formula is C17H20FN3O3. The van der Waals surface area contributed by atoms with Crippen LogP contribution in [-0.2, 0) is 11.5 Å². The standard InChI is InChI=1S/C17H20FN3O3/c1-12-9-20(10-13(2)24-12)17(22)16-7-8-21(19-16)11-23-15-5-3-14(18)4-6-15/h3-8,12-13H,9-11H2,1-2H3/t12-,13-/m0/s1. The number of nitrogens with zero attached hydrogens (tertiary/aromatic N) is 3. The van der Waals surface area contributed by atoms with Crippen molar-refractivity contribution in [3.8, 4) is 5.75 Å². The van der Waals surface area contributed by atoms with Crippen LogP contribution < -0.4 is 4.74 Å². The molecule has 1 aliphatic rings. The molecule has 3 rings (SSSR count). The minimum atomic E-state index is -0.316. The van der Waals surface area contributed by atoms with E-state index in [-0.39, 0.29) is 30.7 Å². The second-order valence-electron chi connectivity index (χ2n) is 5.94. The highest BCUT2D eigenvalue weighted by atomic mass is 19.1. The van der Waals surface area contributed by atoms with Gasteiger partial charge in [-0.2, -0.15) is 5.10 Å². The molecule has 2 aromatic rings. The average molecular weight is 333 g/mol. The van der Waals surface area contributed by atoms with Crippen LogP contribution in [-0.4, -0.2) is 45.9 Å². The normalized spacial score (nSPS) is 20.9. The topological polar surface area (TPSA) is 56.6 Å². The Bertz CT molecular complexity index is 691. The van der Waals surface area contributed by atoms with Gasteiger partial charge in [0.15, 0.2) is 12.4 Å². The summed E-state index contributed by atoms with van der Waals surface area (Å²) in [6.45, 7) is 5.16. The van der Waals surface area contributed by atoms with Gasteiger partial charge in [0, 0.05) is 19.3 Å². The molecule has 0 unspecified atom stereocenters. The van der Waals surface area contributed by atoms with Crippen LogP contribution in [0.1, 0.15) is 24.3 Å². The van der Waals surface area contributed by atoms with E-state index in [9.17, 15) is 9.18 Å². The quantitative estimate of drug-likeness (QED) is 0.861. The van der Waals surface area contributed by atoms with E-state index in [1.807, 2.05) is 13.8 Å². The zero-order chi connectivity index (χ0) is 17.1. The lowest BCUT2D eigenvalue weighted by Crippen LogP contribution is -2.48. The maximum absolute atomic E-state index is 12.8. The lowest BCUT2D eigenvalue weighted by molar-refractivity contribution is -0.0587. The van der Waals surface area contributed by atoms with Crippen LogP contribution in [0.15, 0.2) is 36.5 Å². The Kier molecular flexibility index (Phi) is 4.80. The van der Waals surface area contributed by atoms with Crippen molar-refractivity contribution in [2.45, 2.75) is 32.8 Å². The molecule has 0 radical (unpaired) electrons. The SMILES string of the molecule is C[C@H]1CN(C(=O)c2ccn(COc3ccc(F)cc3)n2)C[C@H](C)O1. The van der Waals surface area contributed by atoms with Crippen molar-refractivity contribution in [1.29, 1.82) is 0 Å². The number of hydrogen-bond acceptors (Lipinski definition) is 4. The molecule has 0 spiro atoms. The van der Waals surface area contributed by atoms with Crippen molar-refractivity contribution in [3.05, 3.63) is 48.0 Å². The lowest BCUT2D eigenvalue weighted by Gasteiger charge is -2.34. The van der Waals surface area contributed by atoms with Gasteiger partial charge < -0.3 is 14.4 Å². The number of carbonyl (C=O) groups is 1. The number of hydrogen-bond donors (Lipinski definition) is 0. The summed E-state index contributed by atoms with van der Waals surface area (Å²) in [6.07, 6.45) is 1.72. The summed E-state index contributed by atoms with van der Waals surface area (Å²) in [6, 6.07) is 7.41. The molecule has 24 heavy (non-hydrogen) atoms. The van der Waals surface area contributed by atoms with E-state index in [2.05, 4.69) is 5.10 Å². The highest BCUT2D eigenvalue weighted by Gasteiger charge is 2.27. The number of halogens is 1. The van der Waals surface area contributed by atoms with Gasteiger partial charge in [-0.1, -0.05) is 0 Å². The summed E-state index contributed by atoms with van der Waals surface area (Å²) in [4.78, 5) is 14.3. The first-order valence-electron chi connectivity index (χ1n) is 7.88. The van der Waals surface area contributed by atoms with Gasteiger partial charge in [0.1, 0.15) is 11.6 Å². The summed E-state index contributed by atoms with van der Waals surface area (Å²) in [5.41, 5.74) is 0.374. The van der Waals surface area contributed by atoms with E-state index < -0.39 is 0 Å². The summed E-state index contributed by atoms with van der Waals surface area (Å²) in [7, 11) is 0. The third-order valence-electron chi connectivity index (χ3n) is 3.74. The fourth-order valence-corrected chi connectivity index (χ4v) is 2.72. The molecule has 1 saturated heterocycles. The summed E-state index contributed by atoms with van der Waals surface area (Å²) >= 11 is 0. The molecule has 0 aliphatic carbocycles. The number of amides is 1. The van der Waals surface area contributed by atoms with Gasteiger partial charge in [-0.05, 0) is 44.2 Å². The van der Waals surface area contributed by atoms with Crippen LogP contribution in [0.25, 0.3) is 0 Å². The molecule has 0 saturated carbocycles. The summed E-state index contributed by atoms with van der Waals surface area (Å²) < 4.78 is 25.5. The lowest BCUT2D eigenvalue weighted by atomic mass is 10.2. The largest absolute Gasteiger partial charge is 0.471 e. The van der Waals surface area contributed by atoms with Crippen LogP contribution in [0.4, 0.5) is 4.39 Å². The zero-order valence-electron chi connectivity index (χ0n) is 13.7. The number of carbonyl (C=O) groups excluding carboxylic acids is 1. The number of ether oxygens (including phenoxy) is 2. The predicted molar refractivity (Wildman–Crippen MR) is 85.2 cm³/mol. The highest BCUT2D eigenvalue weighted by Crippen LogP contribution is 2.14. The smallest absolute Gasteiger partial charge is 0.274 e. The Labute approximate surface area is 139 Å². The Morgan fingerprint density at radius 1 is 1.25 bits per heavy atom. The first-order chi connectivity index (χ1) is 11.5. The Morgan fingerprint density at radius 2 is 1.92 bits per heavy atom. The van der Waals surface area contributed by atoms with Gasteiger partial charge in [0.25, 0.3) is 5.91 Å². The molecule has 1 fully saturated rings. The van der Waals surface area contributed by atoms with Crippen molar-refractivity contribution in [3.63, 3.8) is 0 Å². The molecule has 2 atom stereocenters. The van der Waals surface area contributed by atoms with Crippen molar-refractivity contribution in [1.82, 2.24) is 14.7 Å². The first kappa shape index (κ1) is 16.4. The van der Waals surface area contributed by atoms with Crippen LogP contribution in [0.5, 0.6) is 5.75 Å². The molecule has 1 amide bonds. The number of morpholine rings is 1. The molecule has 2 heterocycles. The second kappa shape index (κ2) is 7.00. The van der Waals surface area contributed by atoms with Crippen molar-refractivity contribution >= 4 is 5.91 Å². The minimum absolute atomic E-state index is 0.0154. The van der Waals surface area contributed by atoms with Gasteiger partial charge >= 0.3 is 0 Å². The van der Waals surface area contributed by atoms with Gasteiger partial charge in [-0.25, -0.2) is 9.07 Å². The molecule has 1 aliphatic heterocycles. The van der Waals surface area contributed by atoms with E-state index in [1.165, 1.54) is 16.8 Å².